The number of likely N-dealkylation sites (tertiary alicyclic amines) is 1. The molecule has 0 N–H and O–H groups in total. The predicted octanol–water partition coefficient (Wildman–Crippen LogP) is 8.74. The van der Waals surface area contributed by atoms with Gasteiger partial charge in [0.15, 0.2) is 11.5 Å². The van der Waals surface area contributed by atoms with Gasteiger partial charge in [0.25, 0.3) is 0 Å². The van der Waals surface area contributed by atoms with Crippen LogP contribution in [0.4, 0.5) is 8.78 Å². The highest BCUT2D eigenvalue weighted by molar-refractivity contribution is 6.04. The third-order valence-electron chi connectivity index (χ3n) is 9.45. The van der Waals surface area contributed by atoms with Crippen LogP contribution in [0.1, 0.15) is 91.0 Å². The zero-order chi connectivity index (χ0) is 28.7. The second kappa shape index (κ2) is 11.2. The van der Waals surface area contributed by atoms with Crippen LogP contribution in [0.15, 0.2) is 73.6 Å². The summed E-state index contributed by atoms with van der Waals surface area (Å²) in [6, 6.07) is 5.07. The molecule has 6 rings (SSSR count). The molecule has 2 atom stereocenters. The molecule has 41 heavy (non-hydrogen) atoms. The topological polar surface area (TPSA) is 46.4 Å². The summed E-state index contributed by atoms with van der Waals surface area (Å²) >= 11 is 0. The van der Waals surface area contributed by atoms with Gasteiger partial charge >= 0.3 is 6.29 Å². The smallest absolute Gasteiger partial charge is 0.395 e. The lowest BCUT2D eigenvalue weighted by molar-refractivity contribution is -0.286. The number of nitrogens with zero attached hydrogens (tertiary/aromatic N) is 3. The molecule has 4 aliphatic heterocycles. The zero-order valence-electron chi connectivity index (χ0n) is 24.7. The summed E-state index contributed by atoms with van der Waals surface area (Å²) in [5.41, 5.74) is 11.3. The van der Waals surface area contributed by atoms with Crippen molar-refractivity contribution in [1.29, 1.82) is 0 Å². The van der Waals surface area contributed by atoms with Crippen molar-refractivity contribution in [3.63, 3.8) is 0 Å². The fourth-order valence-electron chi connectivity index (χ4n) is 7.06. The number of alkyl halides is 2. The van der Waals surface area contributed by atoms with Crippen molar-refractivity contribution in [3.8, 4) is 11.5 Å². The van der Waals surface area contributed by atoms with Gasteiger partial charge in [0.2, 0.25) is 0 Å². The molecule has 4 heterocycles. The first kappa shape index (κ1) is 27.9. The van der Waals surface area contributed by atoms with Crippen molar-refractivity contribution in [2.24, 2.45) is 21.8 Å². The average molecular weight is 562 g/mol. The normalized spacial score (nSPS) is 26.0. The number of aliphatic imine (C=N–C) groups is 2. The van der Waals surface area contributed by atoms with E-state index in [4.69, 9.17) is 14.7 Å². The number of benzene rings is 1. The number of fused-ring (bicyclic) bond motifs is 1. The van der Waals surface area contributed by atoms with Crippen LogP contribution in [-0.4, -0.2) is 36.2 Å². The van der Waals surface area contributed by atoms with Crippen LogP contribution < -0.4 is 9.47 Å². The van der Waals surface area contributed by atoms with Gasteiger partial charge in [-0.15, -0.1) is 8.78 Å². The number of allylic oxidation sites excluding steroid dienone is 5. The predicted molar refractivity (Wildman–Crippen MR) is 160 cm³/mol. The molecule has 7 heteroatoms. The van der Waals surface area contributed by atoms with Crippen molar-refractivity contribution in [2.75, 3.05) is 13.1 Å². The van der Waals surface area contributed by atoms with Gasteiger partial charge in [-0.05, 0) is 87.1 Å². The maximum Gasteiger partial charge on any atom is 0.586 e. The first-order valence-electron chi connectivity index (χ1n) is 15.4. The Morgan fingerprint density at radius 3 is 2.56 bits per heavy atom. The molecule has 0 saturated carbocycles. The van der Waals surface area contributed by atoms with Gasteiger partial charge in [-0.1, -0.05) is 38.8 Å². The first-order chi connectivity index (χ1) is 19.8. The fraction of sp³-hybridized carbons (Fsp3) is 0.529. The Balaban J connectivity index is 1.29. The van der Waals surface area contributed by atoms with E-state index in [-0.39, 0.29) is 17.4 Å². The van der Waals surface area contributed by atoms with Crippen LogP contribution in [0.2, 0.25) is 0 Å². The molecular formula is C34H41F2N3O2. The van der Waals surface area contributed by atoms with Crippen molar-refractivity contribution >= 4 is 11.9 Å². The minimum atomic E-state index is -3.62. The summed E-state index contributed by atoms with van der Waals surface area (Å²) in [6.07, 6.45) is 10.2. The molecule has 5 aliphatic rings. The van der Waals surface area contributed by atoms with E-state index in [1.165, 1.54) is 39.4 Å². The van der Waals surface area contributed by atoms with Crippen LogP contribution in [0, 0.1) is 11.8 Å². The Morgan fingerprint density at radius 2 is 1.80 bits per heavy atom. The molecule has 1 saturated heterocycles. The summed E-state index contributed by atoms with van der Waals surface area (Å²) < 4.78 is 36.7. The lowest BCUT2D eigenvalue weighted by Gasteiger charge is -2.37. The van der Waals surface area contributed by atoms with Crippen LogP contribution in [0.25, 0.3) is 0 Å². The standard InChI is InChI=1S/C34H41F2N3O2/c1-5-23-12-15-37-28-9-7-8-21(3)18-27(28)33(23)39-16-13-25(14-17-39)29-19-24(6-2)22(4)32(38-29)26-10-11-30-31(20-26)41-34(35,36)40-30/h10-11,15,18,20,22,24H,5-9,12-14,16-17,19H2,1-4H3. The maximum atomic E-state index is 13.7. The largest absolute Gasteiger partial charge is 0.586 e. The Bertz CT molecular complexity index is 1400. The number of ether oxygens (including phenoxy) is 2. The first-order valence-corrected chi connectivity index (χ1v) is 15.4. The molecule has 0 spiro atoms. The quantitative estimate of drug-likeness (QED) is 0.369. The van der Waals surface area contributed by atoms with Gasteiger partial charge in [0.05, 0.1) is 5.71 Å². The molecule has 1 aromatic rings. The van der Waals surface area contributed by atoms with Gasteiger partial charge in [0.1, 0.15) is 0 Å². The SMILES string of the molecule is CCC1=C(N2CCC(=C3CC(CC)C(C)C(c4ccc5c(c4)OC(F)(F)O5)=N3)CC2)C2=C(CCCC(C)=C2)N=CC1. The summed E-state index contributed by atoms with van der Waals surface area (Å²) in [7, 11) is 0. The number of hydrogen-bond acceptors (Lipinski definition) is 5. The molecule has 1 aliphatic carbocycles. The van der Waals surface area contributed by atoms with E-state index in [0.29, 0.717) is 5.92 Å². The molecule has 1 aromatic carbocycles. The van der Waals surface area contributed by atoms with Crippen LogP contribution in [-0.2, 0) is 0 Å². The zero-order valence-corrected chi connectivity index (χ0v) is 24.7. The summed E-state index contributed by atoms with van der Waals surface area (Å²) in [5.74, 6) is 0.828. The van der Waals surface area contributed by atoms with E-state index in [0.717, 1.165) is 82.2 Å². The highest BCUT2D eigenvalue weighted by Gasteiger charge is 2.44. The lowest BCUT2D eigenvalue weighted by atomic mass is 9.78. The third kappa shape index (κ3) is 5.52. The minimum Gasteiger partial charge on any atom is -0.395 e. The number of halogens is 2. The summed E-state index contributed by atoms with van der Waals surface area (Å²) in [6.45, 7) is 10.9. The Kier molecular flexibility index (Phi) is 7.64. The van der Waals surface area contributed by atoms with Crippen LogP contribution >= 0.6 is 0 Å². The molecule has 0 bridgehead atoms. The van der Waals surface area contributed by atoms with E-state index < -0.39 is 6.29 Å². The third-order valence-corrected chi connectivity index (χ3v) is 9.45. The van der Waals surface area contributed by atoms with Crippen molar-refractivity contribution < 1.29 is 18.3 Å². The molecule has 0 aromatic heterocycles. The summed E-state index contributed by atoms with van der Waals surface area (Å²) in [4.78, 5) is 12.8. The molecular weight excluding hydrogens is 520 g/mol. The van der Waals surface area contributed by atoms with Crippen molar-refractivity contribution in [2.45, 2.75) is 91.8 Å². The molecule has 1 fully saturated rings. The molecule has 0 radical (unpaired) electrons. The molecule has 0 amide bonds. The van der Waals surface area contributed by atoms with Gasteiger partial charge in [-0.3, -0.25) is 9.98 Å². The number of piperidine rings is 1. The van der Waals surface area contributed by atoms with Crippen molar-refractivity contribution in [3.05, 3.63) is 69.2 Å². The lowest BCUT2D eigenvalue weighted by Crippen LogP contribution is -2.33. The number of rotatable bonds is 4. The van der Waals surface area contributed by atoms with Gasteiger partial charge < -0.3 is 14.4 Å². The van der Waals surface area contributed by atoms with Crippen molar-refractivity contribution in [1.82, 2.24) is 4.90 Å². The number of hydrogen-bond donors (Lipinski definition) is 0. The Labute approximate surface area is 242 Å². The highest BCUT2D eigenvalue weighted by atomic mass is 19.3. The molecule has 218 valence electrons. The Hall–Kier alpha value is -3.22. The molecule has 2 unspecified atom stereocenters. The van der Waals surface area contributed by atoms with Crippen LogP contribution in [0.5, 0.6) is 11.5 Å². The van der Waals surface area contributed by atoms with Gasteiger partial charge in [0, 0.05) is 59.9 Å². The minimum absolute atomic E-state index is 0.0717. The monoisotopic (exact) mass is 561 g/mol. The van der Waals surface area contributed by atoms with E-state index in [9.17, 15) is 8.78 Å². The van der Waals surface area contributed by atoms with E-state index in [1.807, 2.05) is 6.07 Å². The fourth-order valence-corrected chi connectivity index (χ4v) is 7.06. The Morgan fingerprint density at radius 1 is 1.02 bits per heavy atom. The van der Waals surface area contributed by atoms with E-state index in [1.54, 1.807) is 12.1 Å². The average Bonchev–Trinajstić information content (AvgIpc) is 3.05. The highest BCUT2D eigenvalue weighted by Crippen LogP contribution is 2.44. The maximum absolute atomic E-state index is 13.7. The second-order valence-corrected chi connectivity index (χ2v) is 12.1. The van der Waals surface area contributed by atoms with Gasteiger partial charge in [-0.2, -0.15) is 0 Å². The van der Waals surface area contributed by atoms with E-state index in [2.05, 4.69) is 49.6 Å². The van der Waals surface area contributed by atoms with E-state index >= 15 is 0 Å². The molecule has 5 nitrogen and oxygen atoms in total. The second-order valence-electron chi connectivity index (χ2n) is 12.1. The van der Waals surface area contributed by atoms with Crippen LogP contribution in [0.3, 0.4) is 0 Å². The van der Waals surface area contributed by atoms with Gasteiger partial charge in [-0.25, -0.2) is 0 Å². The summed E-state index contributed by atoms with van der Waals surface area (Å²) in [5, 5.41) is 0.